The lowest BCUT2D eigenvalue weighted by molar-refractivity contribution is -0.142. The maximum absolute atomic E-state index is 12.5. The Hall–Kier alpha value is -1.64. The van der Waals surface area contributed by atoms with E-state index < -0.39 is 21.5 Å². The summed E-state index contributed by atoms with van der Waals surface area (Å²) < 4.78 is 31.3. The normalized spacial score (nSPS) is 23.2. The highest BCUT2D eigenvalue weighted by Crippen LogP contribution is 2.28. The van der Waals surface area contributed by atoms with E-state index in [1.54, 1.807) is 13.0 Å². The van der Waals surface area contributed by atoms with Crippen molar-refractivity contribution in [1.29, 1.82) is 0 Å². The van der Waals surface area contributed by atoms with Crippen molar-refractivity contribution in [3.63, 3.8) is 0 Å². The maximum atomic E-state index is 12.5. The molecule has 0 aromatic heterocycles. The Balaban J connectivity index is 2.32. The molecule has 0 radical (unpaired) electrons. The molecule has 21 heavy (non-hydrogen) atoms. The first kappa shape index (κ1) is 15.7. The number of methoxy groups -OCH3 is 1. The highest BCUT2D eigenvalue weighted by Gasteiger charge is 2.45. The van der Waals surface area contributed by atoms with Gasteiger partial charge in [-0.3, -0.25) is 4.79 Å². The van der Waals surface area contributed by atoms with Gasteiger partial charge in [-0.1, -0.05) is 0 Å². The lowest BCUT2D eigenvalue weighted by atomic mass is 10.0. The summed E-state index contributed by atoms with van der Waals surface area (Å²) in [5.41, 5.74) is 4.89. The molecule has 0 spiro atoms. The van der Waals surface area contributed by atoms with Crippen molar-refractivity contribution >= 4 is 16.0 Å². The largest absolute Gasteiger partial charge is 0.496 e. The number of ether oxygens (including phenoxy) is 1. The van der Waals surface area contributed by atoms with Crippen LogP contribution in [-0.2, 0) is 14.8 Å². The van der Waals surface area contributed by atoms with Crippen LogP contribution in [0.3, 0.4) is 0 Å². The van der Waals surface area contributed by atoms with Crippen molar-refractivity contribution in [3.05, 3.63) is 23.8 Å². The van der Waals surface area contributed by atoms with Crippen LogP contribution in [0, 0.1) is 6.92 Å². The first-order valence-electron chi connectivity index (χ1n) is 6.38. The number of carbonyl (C=O) groups is 1. The SMILES string of the molecule is COc1ccc(S(=O)(=O)N2CCC(N)(C(=O)O)C2)cc1C. The minimum absolute atomic E-state index is 0.0935. The number of aliphatic carboxylic acids is 1. The first-order chi connectivity index (χ1) is 9.70. The van der Waals surface area contributed by atoms with E-state index in [4.69, 9.17) is 15.6 Å². The second-order valence-corrected chi connectivity index (χ2v) is 7.12. The van der Waals surface area contributed by atoms with E-state index in [0.29, 0.717) is 11.3 Å². The Labute approximate surface area is 123 Å². The topological polar surface area (TPSA) is 110 Å². The third kappa shape index (κ3) is 2.74. The van der Waals surface area contributed by atoms with Gasteiger partial charge in [0.2, 0.25) is 10.0 Å². The summed E-state index contributed by atoms with van der Waals surface area (Å²) in [6.45, 7) is 1.61. The summed E-state index contributed by atoms with van der Waals surface area (Å²) in [5, 5.41) is 9.08. The molecular formula is C13H18N2O5S. The van der Waals surface area contributed by atoms with E-state index in [-0.39, 0.29) is 24.4 Å². The van der Waals surface area contributed by atoms with Gasteiger partial charge in [0.15, 0.2) is 0 Å². The number of aryl methyl sites for hydroxylation is 1. The molecule has 1 aliphatic heterocycles. The maximum Gasteiger partial charge on any atom is 0.325 e. The second kappa shape index (κ2) is 5.28. The average molecular weight is 314 g/mol. The lowest BCUT2D eigenvalue weighted by Crippen LogP contribution is -2.50. The molecule has 116 valence electrons. The fourth-order valence-corrected chi connectivity index (χ4v) is 3.93. The standard InChI is InChI=1S/C13H18N2O5S/c1-9-7-10(3-4-11(9)20-2)21(18,19)15-6-5-13(14,8-15)12(16)17/h3-4,7H,5-6,8,14H2,1-2H3,(H,16,17). The minimum Gasteiger partial charge on any atom is -0.496 e. The van der Waals surface area contributed by atoms with Gasteiger partial charge in [0.05, 0.1) is 12.0 Å². The van der Waals surface area contributed by atoms with Gasteiger partial charge in [-0.15, -0.1) is 0 Å². The quantitative estimate of drug-likeness (QED) is 0.820. The first-order valence-corrected chi connectivity index (χ1v) is 7.82. The second-order valence-electron chi connectivity index (χ2n) is 5.18. The van der Waals surface area contributed by atoms with Crippen molar-refractivity contribution in [3.8, 4) is 5.75 Å². The predicted molar refractivity (Wildman–Crippen MR) is 75.7 cm³/mol. The van der Waals surface area contributed by atoms with Crippen LogP contribution in [-0.4, -0.2) is 49.5 Å². The number of carboxylic acid groups (broad SMARTS) is 1. The van der Waals surface area contributed by atoms with E-state index >= 15 is 0 Å². The number of hydrogen-bond acceptors (Lipinski definition) is 5. The number of benzene rings is 1. The van der Waals surface area contributed by atoms with Crippen molar-refractivity contribution in [2.24, 2.45) is 5.73 Å². The number of nitrogens with two attached hydrogens (primary N) is 1. The number of nitrogens with zero attached hydrogens (tertiary/aromatic N) is 1. The van der Waals surface area contributed by atoms with Crippen LogP contribution < -0.4 is 10.5 Å². The van der Waals surface area contributed by atoms with Crippen molar-refractivity contribution < 1.29 is 23.1 Å². The molecule has 1 aromatic carbocycles. The van der Waals surface area contributed by atoms with Crippen LogP contribution in [0.25, 0.3) is 0 Å². The van der Waals surface area contributed by atoms with E-state index in [1.165, 1.54) is 19.2 Å². The average Bonchev–Trinajstić information content (AvgIpc) is 2.83. The number of carboxylic acids is 1. The number of hydrogen-bond donors (Lipinski definition) is 2. The van der Waals surface area contributed by atoms with Gasteiger partial charge >= 0.3 is 5.97 Å². The smallest absolute Gasteiger partial charge is 0.325 e. The summed E-state index contributed by atoms with van der Waals surface area (Å²) in [6, 6.07) is 4.52. The summed E-state index contributed by atoms with van der Waals surface area (Å²) in [7, 11) is -2.25. The molecule has 0 saturated carbocycles. The van der Waals surface area contributed by atoms with Crippen LogP contribution in [0.15, 0.2) is 23.1 Å². The molecule has 1 aliphatic rings. The lowest BCUT2D eigenvalue weighted by Gasteiger charge is -2.20. The molecule has 1 fully saturated rings. The van der Waals surface area contributed by atoms with E-state index in [2.05, 4.69) is 0 Å². The van der Waals surface area contributed by atoms with Gasteiger partial charge in [-0.25, -0.2) is 8.42 Å². The number of rotatable bonds is 4. The molecule has 0 aliphatic carbocycles. The molecule has 1 aromatic rings. The molecule has 1 saturated heterocycles. The zero-order chi connectivity index (χ0) is 15.8. The van der Waals surface area contributed by atoms with Gasteiger partial charge < -0.3 is 15.6 Å². The van der Waals surface area contributed by atoms with Crippen LogP contribution in [0.5, 0.6) is 5.75 Å². The fraction of sp³-hybridized carbons (Fsp3) is 0.462. The van der Waals surface area contributed by atoms with Crippen molar-refractivity contribution in [2.45, 2.75) is 23.8 Å². The highest BCUT2D eigenvalue weighted by atomic mass is 32.2. The highest BCUT2D eigenvalue weighted by molar-refractivity contribution is 7.89. The van der Waals surface area contributed by atoms with Crippen molar-refractivity contribution in [2.75, 3.05) is 20.2 Å². The number of sulfonamides is 1. The Bertz CT molecular complexity index is 673. The van der Waals surface area contributed by atoms with Crippen LogP contribution in [0.4, 0.5) is 0 Å². The molecule has 1 unspecified atom stereocenters. The predicted octanol–water partition coefficient (Wildman–Crippen LogP) is 0.180. The zero-order valence-corrected chi connectivity index (χ0v) is 12.7. The van der Waals surface area contributed by atoms with Gasteiger partial charge in [0.1, 0.15) is 11.3 Å². The Kier molecular flexibility index (Phi) is 3.96. The summed E-state index contributed by atoms with van der Waals surface area (Å²) in [4.78, 5) is 11.2. The summed E-state index contributed by atoms with van der Waals surface area (Å²) in [6.07, 6.45) is 0.0939. The Morgan fingerprint density at radius 1 is 1.48 bits per heavy atom. The molecule has 2 rings (SSSR count). The summed E-state index contributed by atoms with van der Waals surface area (Å²) in [5.74, 6) is -0.597. The molecule has 0 amide bonds. The Morgan fingerprint density at radius 3 is 2.62 bits per heavy atom. The molecule has 1 heterocycles. The molecule has 1 atom stereocenters. The van der Waals surface area contributed by atoms with Crippen LogP contribution in [0.1, 0.15) is 12.0 Å². The van der Waals surface area contributed by atoms with Gasteiger partial charge in [0, 0.05) is 13.1 Å². The third-order valence-electron chi connectivity index (χ3n) is 3.70. The van der Waals surface area contributed by atoms with Crippen LogP contribution in [0.2, 0.25) is 0 Å². The van der Waals surface area contributed by atoms with E-state index in [9.17, 15) is 13.2 Å². The summed E-state index contributed by atoms with van der Waals surface area (Å²) >= 11 is 0. The van der Waals surface area contributed by atoms with E-state index in [0.717, 1.165) is 4.31 Å². The molecule has 3 N–H and O–H groups in total. The third-order valence-corrected chi connectivity index (χ3v) is 5.54. The zero-order valence-electron chi connectivity index (χ0n) is 11.9. The molecular weight excluding hydrogens is 296 g/mol. The molecule has 8 heteroatoms. The minimum atomic E-state index is -3.76. The molecule has 7 nitrogen and oxygen atoms in total. The van der Waals surface area contributed by atoms with Crippen LogP contribution >= 0.6 is 0 Å². The Morgan fingerprint density at radius 2 is 2.14 bits per heavy atom. The van der Waals surface area contributed by atoms with Gasteiger partial charge in [0.25, 0.3) is 0 Å². The van der Waals surface area contributed by atoms with Gasteiger partial charge in [-0.05, 0) is 37.1 Å². The molecule has 0 bridgehead atoms. The van der Waals surface area contributed by atoms with Crippen molar-refractivity contribution in [1.82, 2.24) is 4.31 Å². The monoisotopic (exact) mass is 314 g/mol. The fourth-order valence-electron chi connectivity index (χ4n) is 2.34. The van der Waals surface area contributed by atoms with Gasteiger partial charge in [-0.2, -0.15) is 4.31 Å². The van der Waals surface area contributed by atoms with E-state index in [1.807, 2.05) is 0 Å².